The van der Waals surface area contributed by atoms with Crippen LogP contribution in [0, 0.1) is 0 Å². The number of fused-ring (bicyclic) bond motifs is 3. The second-order valence-electron chi connectivity index (χ2n) is 8.18. The Morgan fingerprint density at radius 1 is 1.00 bits per heavy atom. The molecule has 1 heterocycles. The summed E-state index contributed by atoms with van der Waals surface area (Å²) in [7, 11) is 1.67. The van der Waals surface area contributed by atoms with Crippen LogP contribution in [0.5, 0.6) is 5.75 Å². The van der Waals surface area contributed by atoms with Gasteiger partial charge in [-0.15, -0.1) is 0 Å². The molecule has 5 heteroatoms. The zero-order chi connectivity index (χ0) is 22.8. The highest BCUT2D eigenvalue weighted by Gasteiger charge is 2.43. The second-order valence-corrected chi connectivity index (χ2v) is 8.18. The fourth-order valence-corrected chi connectivity index (χ4v) is 4.95. The lowest BCUT2D eigenvalue weighted by molar-refractivity contribution is -0.136. The molecule has 0 saturated heterocycles. The molecule has 5 nitrogen and oxygen atoms in total. The van der Waals surface area contributed by atoms with Gasteiger partial charge < -0.3 is 14.4 Å². The number of nitrogens with zero attached hydrogens (tertiary/aromatic N) is 2. The lowest BCUT2D eigenvalue weighted by Gasteiger charge is -2.32. The molecule has 0 saturated carbocycles. The van der Waals surface area contributed by atoms with Crippen molar-refractivity contribution in [3.05, 3.63) is 114 Å². The molecule has 3 aromatic carbocycles. The summed E-state index contributed by atoms with van der Waals surface area (Å²) >= 11 is 0. The van der Waals surface area contributed by atoms with Crippen LogP contribution < -0.4 is 4.74 Å². The third-order valence-electron chi connectivity index (χ3n) is 6.42. The van der Waals surface area contributed by atoms with E-state index in [4.69, 9.17) is 4.74 Å². The van der Waals surface area contributed by atoms with Crippen molar-refractivity contribution in [3.63, 3.8) is 0 Å². The van der Waals surface area contributed by atoms with Gasteiger partial charge >= 0.3 is 5.97 Å². The molecular weight excluding hydrogens is 412 g/mol. The lowest BCUT2D eigenvalue weighted by atomic mass is 9.70. The highest BCUT2D eigenvalue weighted by Crippen LogP contribution is 2.54. The first-order valence-electron chi connectivity index (χ1n) is 10.9. The Kier molecular flexibility index (Phi) is 5.31. The lowest BCUT2D eigenvalue weighted by Crippen LogP contribution is -2.26. The van der Waals surface area contributed by atoms with Gasteiger partial charge in [-0.05, 0) is 46.4 Å². The number of hydrogen-bond acceptors (Lipinski definition) is 3. The van der Waals surface area contributed by atoms with Gasteiger partial charge in [0.2, 0.25) is 0 Å². The molecule has 0 aliphatic heterocycles. The van der Waals surface area contributed by atoms with Crippen LogP contribution in [0.15, 0.2) is 91.4 Å². The van der Waals surface area contributed by atoms with E-state index in [-0.39, 0.29) is 11.8 Å². The van der Waals surface area contributed by atoms with Crippen molar-refractivity contribution >= 4 is 12.2 Å². The van der Waals surface area contributed by atoms with E-state index in [1.54, 1.807) is 24.2 Å². The highest BCUT2D eigenvalue weighted by molar-refractivity contribution is 5.83. The largest absolute Gasteiger partial charge is 0.497 e. The number of rotatable bonds is 7. The van der Waals surface area contributed by atoms with Gasteiger partial charge in [0.1, 0.15) is 5.75 Å². The number of imidazole rings is 1. The fraction of sp³-hybridized carbons (Fsp3) is 0.143. The maximum atomic E-state index is 11.2. The van der Waals surface area contributed by atoms with Gasteiger partial charge in [0.05, 0.1) is 25.6 Å². The van der Waals surface area contributed by atoms with Crippen molar-refractivity contribution < 1.29 is 14.6 Å². The number of hydrogen-bond donors (Lipinski definition) is 1. The molecule has 5 rings (SSSR count). The van der Waals surface area contributed by atoms with Crippen molar-refractivity contribution in [2.45, 2.75) is 18.3 Å². The van der Waals surface area contributed by atoms with E-state index in [0.717, 1.165) is 5.75 Å². The average molecular weight is 437 g/mol. The molecule has 164 valence electrons. The van der Waals surface area contributed by atoms with Crippen LogP contribution >= 0.6 is 0 Å². The van der Waals surface area contributed by atoms with Gasteiger partial charge in [-0.1, -0.05) is 66.7 Å². The summed E-state index contributed by atoms with van der Waals surface area (Å²) in [4.78, 5) is 15.3. The Morgan fingerprint density at radius 2 is 1.64 bits per heavy atom. The summed E-state index contributed by atoms with van der Waals surface area (Å²) in [6.45, 7) is 0. The summed E-state index contributed by atoms with van der Waals surface area (Å²) in [6.07, 6.45) is 7.90. The number of ether oxygens (including phenoxy) is 1. The predicted molar refractivity (Wildman–Crippen MR) is 128 cm³/mol. The van der Waals surface area contributed by atoms with Crippen LogP contribution in [0.1, 0.15) is 28.8 Å². The molecule has 1 aliphatic rings. The third-order valence-corrected chi connectivity index (χ3v) is 6.42. The molecule has 33 heavy (non-hydrogen) atoms. The van der Waals surface area contributed by atoms with Crippen molar-refractivity contribution in [3.8, 4) is 16.9 Å². The molecule has 1 N–H and O–H groups in total. The maximum absolute atomic E-state index is 11.2. The molecule has 1 aliphatic carbocycles. The molecule has 0 amide bonds. The molecule has 0 radical (unpaired) electrons. The van der Waals surface area contributed by atoms with Crippen LogP contribution in [0.25, 0.3) is 17.3 Å². The SMILES string of the molecule is COc1ccc(C2(C/C=C/n3cncc3CC(=O)O)c3ccccc3-c3ccccc32)cc1. The summed E-state index contributed by atoms with van der Waals surface area (Å²) in [6, 6.07) is 25.4. The summed E-state index contributed by atoms with van der Waals surface area (Å²) in [5.41, 5.74) is 6.46. The third kappa shape index (κ3) is 3.52. The molecule has 0 unspecified atom stereocenters. The first kappa shape index (κ1) is 20.8. The van der Waals surface area contributed by atoms with Crippen molar-refractivity contribution in [1.29, 1.82) is 0 Å². The van der Waals surface area contributed by atoms with E-state index in [0.29, 0.717) is 12.1 Å². The molecule has 0 spiro atoms. The van der Waals surface area contributed by atoms with Gasteiger partial charge in [-0.2, -0.15) is 0 Å². The number of benzene rings is 3. The smallest absolute Gasteiger partial charge is 0.309 e. The maximum Gasteiger partial charge on any atom is 0.309 e. The topological polar surface area (TPSA) is 64.4 Å². The highest BCUT2D eigenvalue weighted by atomic mass is 16.5. The normalized spacial score (nSPS) is 13.6. The number of allylic oxidation sites excluding steroid dienone is 1. The van der Waals surface area contributed by atoms with Gasteiger partial charge in [0.25, 0.3) is 0 Å². The fourth-order valence-electron chi connectivity index (χ4n) is 4.95. The van der Waals surface area contributed by atoms with Crippen LogP contribution in [0.4, 0.5) is 0 Å². The second kappa shape index (κ2) is 8.43. The summed E-state index contributed by atoms with van der Waals surface area (Å²) in [5, 5.41) is 9.18. The Balaban J connectivity index is 1.64. The Bertz CT molecular complexity index is 1290. The van der Waals surface area contributed by atoms with Crippen LogP contribution in [0.2, 0.25) is 0 Å². The van der Waals surface area contributed by atoms with Crippen LogP contribution in [0.3, 0.4) is 0 Å². The number of carboxylic acids is 1. The Labute approximate surface area is 192 Å². The number of aliphatic carboxylic acids is 1. The minimum atomic E-state index is -0.876. The van der Waals surface area contributed by atoms with Crippen molar-refractivity contribution in [2.24, 2.45) is 0 Å². The van der Waals surface area contributed by atoms with E-state index in [9.17, 15) is 9.90 Å². The van der Waals surface area contributed by atoms with E-state index < -0.39 is 5.97 Å². The van der Waals surface area contributed by atoms with Gasteiger partial charge in [0, 0.05) is 17.8 Å². The van der Waals surface area contributed by atoms with Crippen LogP contribution in [-0.2, 0) is 16.6 Å². The Hall–Kier alpha value is -4.12. The van der Waals surface area contributed by atoms with Crippen LogP contribution in [-0.4, -0.2) is 27.7 Å². The molecule has 0 bridgehead atoms. The quantitative estimate of drug-likeness (QED) is 0.422. The van der Waals surface area contributed by atoms with E-state index in [1.807, 2.05) is 18.3 Å². The molecular formula is C28H24N2O3. The van der Waals surface area contributed by atoms with E-state index in [2.05, 4.69) is 71.7 Å². The number of aromatic nitrogens is 2. The van der Waals surface area contributed by atoms with E-state index in [1.165, 1.54) is 27.8 Å². The number of carboxylic acid groups (broad SMARTS) is 1. The van der Waals surface area contributed by atoms with Gasteiger partial charge in [-0.25, -0.2) is 4.98 Å². The standard InChI is InChI=1S/C28H24N2O3/c1-33-22-13-11-20(12-14-22)28(15-6-16-30-19-29-18-21(30)17-27(31)32)25-9-4-2-7-23(25)24-8-3-5-10-26(24)28/h2-14,16,18-19H,15,17H2,1H3,(H,31,32)/b16-6+. The molecule has 1 aromatic heterocycles. The first-order chi connectivity index (χ1) is 16.1. The minimum Gasteiger partial charge on any atom is -0.497 e. The Morgan fingerprint density at radius 3 is 2.24 bits per heavy atom. The first-order valence-corrected chi connectivity index (χ1v) is 10.9. The average Bonchev–Trinajstić information content (AvgIpc) is 3.40. The van der Waals surface area contributed by atoms with Crippen molar-refractivity contribution in [2.75, 3.05) is 7.11 Å². The van der Waals surface area contributed by atoms with Gasteiger partial charge in [-0.3, -0.25) is 4.79 Å². The number of methoxy groups -OCH3 is 1. The zero-order valence-corrected chi connectivity index (χ0v) is 18.3. The van der Waals surface area contributed by atoms with Crippen molar-refractivity contribution in [1.82, 2.24) is 9.55 Å². The molecule has 0 atom stereocenters. The predicted octanol–water partition coefficient (Wildman–Crippen LogP) is 5.39. The minimum absolute atomic E-state index is 0.0698. The monoisotopic (exact) mass is 436 g/mol. The molecule has 0 fully saturated rings. The molecule has 4 aromatic rings. The van der Waals surface area contributed by atoms with Gasteiger partial charge in [0.15, 0.2) is 0 Å². The van der Waals surface area contributed by atoms with E-state index >= 15 is 0 Å². The summed E-state index contributed by atoms with van der Waals surface area (Å²) < 4.78 is 7.19. The summed E-state index contributed by atoms with van der Waals surface area (Å²) in [5.74, 6) is -0.0563. The zero-order valence-electron chi connectivity index (χ0n) is 18.3. The number of carbonyl (C=O) groups is 1.